The molecule has 24 heavy (non-hydrogen) atoms. The quantitative estimate of drug-likeness (QED) is 0.822. The fourth-order valence-corrected chi connectivity index (χ4v) is 3.57. The average Bonchev–Trinajstić information content (AvgIpc) is 2.62. The highest BCUT2D eigenvalue weighted by molar-refractivity contribution is 5.62. The van der Waals surface area contributed by atoms with Crippen LogP contribution in [0.1, 0.15) is 17.9 Å². The monoisotopic (exact) mass is 319 g/mol. The van der Waals surface area contributed by atoms with E-state index in [-0.39, 0.29) is 16.8 Å². The molecule has 1 unspecified atom stereocenters. The van der Waals surface area contributed by atoms with Crippen molar-refractivity contribution in [1.29, 1.82) is 15.8 Å². The molecule has 1 aromatic rings. The van der Waals surface area contributed by atoms with Gasteiger partial charge in [0.2, 0.25) is 0 Å². The predicted molar refractivity (Wildman–Crippen MR) is 84.1 cm³/mol. The van der Waals surface area contributed by atoms with Gasteiger partial charge in [-0.3, -0.25) is 0 Å². The van der Waals surface area contributed by atoms with Gasteiger partial charge in [-0.05, 0) is 35.7 Å². The van der Waals surface area contributed by atoms with E-state index in [0.717, 1.165) is 5.57 Å². The van der Waals surface area contributed by atoms with E-state index in [1.54, 1.807) is 18.2 Å². The number of halogens is 1. The van der Waals surface area contributed by atoms with Crippen LogP contribution < -0.4 is 11.1 Å². The van der Waals surface area contributed by atoms with Crippen LogP contribution >= 0.6 is 0 Å². The van der Waals surface area contributed by atoms with Crippen LogP contribution in [0.5, 0.6) is 0 Å². The Morgan fingerprint density at radius 1 is 1.21 bits per heavy atom. The van der Waals surface area contributed by atoms with Gasteiger partial charge in [0.05, 0.1) is 23.4 Å². The molecule has 0 spiro atoms. The summed E-state index contributed by atoms with van der Waals surface area (Å²) in [6.07, 6.45) is 0.552. The molecule has 1 aliphatic heterocycles. The Morgan fingerprint density at radius 3 is 2.54 bits per heavy atom. The zero-order valence-electron chi connectivity index (χ0n) is 12.8. The van der Waals surface area contributed by atoms with E-state index in [1.807, 2.05) is 18.2 Å². The Labute approximate surface area is 139 Å². The lowest BCUT2D eigenvalue weighted by Crippen LogP contribution is -2.42. The van der Waals surface area contributed by atoms with E-state index in [1.165, 1.54) is 6.07 Å². The maximum absolute atomic E-state index is 14.5. The average molecular weight is 319 g/mol. The number of nitrogens with one attached hydrogen (secondary N) is 1. The summed E-state index contributed by atoms with van der Waals surface area (Å²) in [5.41, 5.74) is 6.08. The molecule has 3 rings (SSSR count). The van der Waals surface area contributed by atoms with Gasteiger partial charge in [0.1, 0.15) is 11.9 Å². The number of benzene rings is 1. The highest BCUT2D eigenvalue weighted by Crippen LogP contribution is 2.52. The molecule has 0 amide bonds. The first-order chi connectivity index (χ1) is 11.6. The molecule has 5 nitrogen and oxygen atoms in total. The predicted octanol–water partition coefficient (Wildman–Crippen LogP) is 1.98. The van der Waals surface area contributed by atoms with Gasteiger partial charge < -0.3 is 11.1 Å². The molecule has 1 aliphatic carbocycles. The van der Waals surface area contributed by atoms with Crippen molar-refractivity contribution in [3.8, 4) is 18.2 Å². The van der Waals surface area contributed by atoms with Gasteiger partial charge >= 0.3 is 0 Å². The molecular formula is C18H14FN5. The molecule has 0 saturated carbocycles. The van der Waals surface area contributed by atoms with Crippen LogP contribution in [0.3, 0.4) is 0 Å². The number of nitriles is 3. The first-order valence-corrected chi connectivity index (χ1v) is 7.51. The summed E-state index contributed by atoms with van der Waals surface area (Å²) in [5, 5.41) is 32.2. The van der Waals surface area contributed by atoms with Crippen molar-refractivity contribution in [2.45, 2.75) is 12.3 Å². The maximum atomic E-state index is 14.5. The van der Waals surface area contributed by atoms with E-state index in [9.17, 15) is 20.2 Å². The summed E-state index contributed by atoms with van der Waals surface area (Å²) in [5.74, 6) is -1.34. The Hall–Kier alpha value is -3.14. The Bertz CT molecular complexity index is 877. The van der Waals surface area contributed by atoms with Crippen LogP contribution in [-0.2, 0) is 0 Å². The highest BCUT2D eigenvalue weighted by Gasteiger charge is 2.51. The normalized spacial score (nSPS) is 22.2. The van der Waals surface area contributed by atoms with Gasteiger partial charge in [0.15, 0.2) is 5.41 Å². The Kier molecular flexibility index (Phi) is 3.81. The fourth-order valence-electron chi connectivity index (χ4n) is 3.57. The van der Waals surface area contributed by atoms with Crippen LogP contribution in [0.15, 0.2) is 46.7 Å². The number of nitrogens with zero attached hydrogens (tertiary/aromatic N) is 3. The second-order valence-electron chi connectivity index (χ2n) is 5.82. The Balaban J connectivity index is 2.38. The largest absolute Gasteiger partial charge is 0.399 e. The first kappa shape index (κ1) is 15.7. The summed E-state index contributed by atoms with van der Waals surface area (Å²) < 4.78 is 14.5. The number of hydrogen-bond acceptors (Lipinski definition) is 5. The van der Waals surface area contributed by atoms with E-state index in [2.05, 4.69) is 5.32 Å². The number of nitrogens with two attached hydrogens (primary N) is 1. The van der Waals surface area contributed by atoms with Crippen molar-refractivity contribution >= 4 is 0 Å². The minimum absolute atomic E-state index is 0.0797. The minimum atomic E-state index is -1.80. The number of rotatable bonds is 1. The summed E-state index contributed by atoms with van der Waals surface area (Å²) in [4.78, 5) is 0. The van der Waals surface area contributed by atoms with E-state index < -0.39 is 17.2 Å². The topological polar surface area (TPSA) is 109 Å². The van der Waals surface area contributed by atoms with Crippen LogP contribution in [0, 0.1) is 45.2 Å². The standard InChI is InChI=1S/C18H14FN5/c19-15-4-2-1-3-12(15)16-14-8-24-6-5-11(14)13(7-20)17(23)18(16,9-21)10-22/h1-4,16,24H,5-6,8,23H2. The van der Waals surface area contributed by atoms with Gasteiger partial charge in [-0.15, -0.1) is 0 Å². The van der Waals surface area contributed by atoms with Crippen molar-refractivity contribution in [2.24, 2.45) is 11.1 Å². The summed E-state index contributed by atoms with van der Waals surface area (Å²) >= 11 is 0. The molecule has 0 aromatic heterocycles. The summed E-state index contributed by atoms with van der Waals surface area (Å²) in [7, 11) is 0. The molecule has 2 aliphatic rings. The second kappa shape index (κ2) is 5.81. The molecule has 0 saturated heterocycles. The zero-order valence-corrected chi connectivity index (χ0v) is 12.8. The fraction of sp³-hybridized carbons (Fsp3) is 0.278. The van der Waals surface area contributed by atoms with Crippen LogP contribution in [-0.4, -0.2) is 13.1 Å². The molecule has 1 aromatic carbocycles. The van der Waals surface area contributed by atoms with Crippen molar-refractivity contribution in [3.05, 3.63) is 58.1 Å². The molecule has 0 fully saturated rings. The first-order valence-electron chi connectivity index (χ1n) is 7.51. The minimum Gasteiger partial charge on any atom is -0.399 e. The molecule has 3 N–H and O–H groups in total. The molecule has 6 heteroatoms. The molecule has 0 radical (unpaired) electrons. The SMILES string of the molecule is N#CC1=C(N)C(C#N)(C#N)C(c2ccccc2F)C2=C1CCNC2. The maximum Gasteiger partial charge on any atom is 0.194 e. The molecule has 118 valence electrons. The van der Waals surface area contributed by atoms with Crippen molar-refractivity contribution in [1.82, 2.24) is 5.32 Å². The van der Waals surface area contributed by atoms with Gasteiger partial charge in [-0.2, -0.15) is 15.8 Å². The third-order valence-corrected chi connectivity index (χ3v) is 4.71. The van der Waals surface area contributed by atoms with Gasteiger partial charge in [0.25, 0.3) is 0 Å². The molecular weight excluding hydrogens is 305 g/mol. The number of allylic oxidation sites excluding steroid dienone is 2. The smallest absolute Gasteiger partial charge is 0.194 e. The van der Waals surface area contributed by atoms with E-state index in [4.69, 9.17) is 5.73 Å². The van der Waals surface area contributed by atoms with Crippen molar-refractivity contribution in [3.63, 3.8) is 0 Å². The molecule has 0 bridgehead atoms. The third kappa shape index (κ3) is 2.00. The highest BCUT2D eigenvalue weighted by atomic mass is 19.1. The van der Waals surface area contributed by atoms with Crippen LogP contribution in [0.25, 0.3) is 0 Å². The Morgan fingerprint density at radius 2 is 1.92 bits per heavy atom. The molecule has 1 atom stereocenters. The van der Waals surface area contributed by atoms with Gasteiger partial charge in [-0.25, -0.2) is 4.39 Å². The summed E-state index contributed by atoms with van der Waals surface area (Å²) in [6.45, 7) is 1.05. The lowest BCUT2D eigenvalue weighted by molar-refractivity contribution is 0.456. The van der Waals surface area contributed by atoms with E-state index in [0.29, 0.717) is 25.1 Å². The number of hydrogen-bond donors (Lipinski definition) is 2. The summed E-state index contributed by atoms with van der Waals surface area (Å²) in [6, 6.07) is 12.0. The van der Waals surface area contributed by atoms with Gasteiger partial charge in [0, 0.05) is 12.5 Å². The third-order valence-electron chi connectivity index (χ3n) is 4.71. The second-order valence-corrected chi connectivity index (χ2v) is 5.82. The van der Waals surface area contributed by atoms with Gasteiger partial charge in [-0.1, -0.05) is 18.2 Å². The van der Waals surface area contributed by atoms with Crippen LogP contribution in [0.4, 0.5) is 4.39 Å². The van der Waals surface area contributed by atoms with Crippen LogP contribution in [0.2, 0.25) is 0 Å². The lowest BCUT2D eigenvalue weighted by Gasteiger charge is -2.40. The zero-order chi connectivity index (χ0) is 17.3. The van der Waals surface area contributed by atoms with Crippen molar-refractivity contribution in [2.75, 3.05) is 13.1 Å². The molecule has 1 heterocycles. The van der Waals surface area contributed by atoms with Crippen molar-refractivity contribution < 1.29 is 4.39 Å². The lowest BCUT2D eigenvalue weighted by atomic mass is 9.61. The van der Waals surface area contributed by atoms with E-state index >= 15 is 0 Å².